The smallest absolute Gasteiger partial charge is 0.168 e. The van der Waals surface area contributed by atoms with Crippen molar-refractivity contribution in [2.24, 2.45) is 0 Å². The molecule has 1 aliphatic carbocycles. The maximum absolute atomic E-state index is 12.5. The van der Waals surface area contributed by atoms with Gasteiger partial charge in [-0.25, -0.2) is 0 Å². The third kappa shape index (κ3) is 3.39. The van der Waals surface area contributed by atoms with Crippen molar-refractivity contribution in [3.05, 3.63) is 46.8 Å². The average Bonchev–Trinajstić information content (AvgIpc) is 2.91. The van der Waals surface area contributed by atoms with E-state index in [-0.39, 0.29) is 28.6 Å². The van der Waals surface area contributed by atoms with Crippen molar-refractivity contribution in [2.75, 3.05) is 0 Å². The minimum absolute atomic E-state index is 0.129. The molecule has 4 nitrogen and oxygen atoms in total. The van der Waals surface area contributed by atoms with E-state index in [2.05, 4.69) is 10.3 Å². The van der Waals surface area contributed by atoms with Gasteiger partial charge in [0.1, 0.15) is 0 Å². The van der Waals surface area contributed by atoms with Crippen LogP contribution in [-0.2, 0) is 9.59 Å². The summed E-state index contributed by atoms with van der Waals surface area (Å²) in [5, 5.41) is 4.73. The van der Waals surface area contributed by atoms with E-state index >= 15 is 0 Å². The number of Topliss-reactive ketones (excluding diaryl/α,β-unsaturated/α-hetero) is 2. The largest absolute Gasteiger partial charge is 0.386 e. The number of aromatic nitrogens is 1. The van der Waals surface area contributed by atoms with Gasteiger partial charge in [0.25, 0.3) is 0 Å². The summed E-state index contributed by atoms with van der Waals surface area (Å²) in [6.07, 6.45) is 4.02. The normalized spacial score (nSPS) is 19.0. The fourth-order valence-electron chi connectivity index (χ4n) is 2.97. The highest BCUT2D eigenvalue weighted by Gasteiger charge is 2.32. The maximum Gasteiger partial charge on any atom is 0.168 e. The van der Waals surface area contributed by atoms with Crippen LogP contribution >= 0.6 is 11.6 Å². The highest BCUT2D eigenvalue weighted by atomic mass is 35.5. The van der Waals surface area contributed by atoms with Gasteiger partial charge >= 0.3 is 0 Å². The molecule has 1 heterocycles. The Morgan fingerprint density at radius 1 is 1.21 bits per heavy atom. The molecule has 126 valence electrons. The fraction of sp³-hybridized carbons (Fsp3) is 0.368. The number of H-pyrrole nitrogens is 1. The molecule has 24 heavy (non-hydrogen) atoms. The molecular formula is C19H21ClN2O2. The van der Waals surface area contributed by atoms with Crippen LogP contribution in [0.4, 0.5) is 0 Å². The first-order valence-electron chi connectivity index (χ1n) is 8.05. The molecule has 0 aliphatic heterocycles. The van der Waals surface area contributed by atoms with E-state index in [9.17, 15) is 9.59 Å². The van der Waals surface area contributed by atoms with E-state index in [0.29, 0.717) is 17.9 Å². The Morgan fingerprint density at radius 3 is 2.50 bits per heavy atom. The van der Waals surface area contributed by atoms with Crippen molar-refractivity contribution in [1.82, 2.24) is 10.3 Å². The van der Waals surface area contributed by atoms with Gasteiger partial charge in [0.15, 0.2) is 11.6 Å². The van der Waals surface area contributed by atoms with E-state index in [4.69, 9.17) is 11.6 Å². The number of fused-ring (bicyclic) bond motifs is 1. The summed E-state index contributed by atoms with van der Waals surface area (Å²) in [4.78, 5) is 28.0. The molecule has 2 N–H and O–H groups in total. The molecule has 1 fully saturated rings. The molecule has 2 aromatic rings. The quantitative estimate of drug-likeness (QED) is 0.636. The standard InChI is InChI=1S/C19H21ClN2O2/c1-19(2,3)22-10-14-17(23)7-12(8-18(14)24)13-9-16-11(4-5-21-16)6-15(13)20/h4-6,9-10,12,21-22H,7-8H2,1-3H3. The molecule has 1 aromatic carbocycles. The van der Waals surface area contributed by atoms with Crippen molar-refractivity contribution in [1.29, 1.82) is 0 Å². The summed E-state index contributed by atoms with van der Waals surface area (Å²) in [6, 6.07) is 5.77. The molecule has 1 saturated carbocycles. The number of rotatable bonds is 2. The zero-order chi connectivity index (χ0) is 17.5. The van der Waals surface area contributed by atoms with Gasteiger partial charge in [-0.05, 0) is 50.5 Å². The summed E-state index contributed by atoms with van der Waals surface area (Å²) in [6.45, 7) is 5.95. The fourth-order valence-corrected chi connectivity index (χ4v) is 3.29. The SMILES string of the molecule is CC(C)(C)NC=C1C(=O)CC(c2cc3[nH]ccc3cc2Cl)CC1=O. The number of carbonyl (C=O) groups is 2. The van der Waals surface area contributed by atoms with Gasteiger partial charge in [0.05, 0.1) is 5.57 Å². The van der Waals surface area contributed by atoms with Gasteiger partial charge in [0.2, 0.25) is 0 Å². The zero-order valence-electron chi connectivity index (χ0n) is 14.1. The van der Waals surface area contributed by atoms with Crippen LogP contribution in [0.15, 0.2) is 36.2 Å². The number of halogens is 1. The van der Waals surface area contributed by atoms with Crippen LogP contribution in [0.1, 0.15) is 45.1 Å². The van der Waals surface area contributed by atoms with E-state index < -0.39 is 0 Å². The number of hydrogen-bond acceptors (Lipinski definition) is 3. The third-order valence-corrected chi connectivity index (χ3v) is 4.55. The Morgan fingerprint density at radius 2 is 1.88 bits per heavy atom. The Bertz CT molecular complexity index is 823. The van der Waals surface area contributed by atoms with Crippen molar-refractivity contribution in [3.8, 4) is 0 Å². The predicted octanol–water partition coefficient (Wildman–Crippen LogP) is 4.11. The van der Waals surface area contributed by atoms with Gasteiger partial charge in [-0.2, -0.15) is 0 Å². The molecule has 0 radical (unpaired) electrons. The Hall–Kier alpha value is -2.07. The minimum Gasteiger partial charge on any atom is -0.386 e. The van der Waals surface area contributed by atoms with Crippen molar-refractivity contribution >= 4 is 34.1 Å². The number of benzene rings is 1. The molecule has 0 spiro atoms. The van der Waals surface area contributed by atoms with Crippen LogP contribution in [0.3, 0.4) is 0 Å². The van der Waals surface area contributed by atoms with Crippen LogP contribution in [0.25, 0.3) is 10.9 Å². The van der Waals surface area contributed by atoms with Crippen LogP contribution in [-0.4, -0.2) is 22.1 Å². The first-order valence-corrected chi connectivity index (χ1v) is 8.43. The number of nitrogens with one attached hydrogen (secondary N) is 2. The lowest BCUT2D eigenvalue weighted by molar-refractivity contribution is -0.124. The van der Waals surface area contributed by atoms with Crippen LogP contribution in [0.5, 0.6) is 0 Å². The van der Waals surface area contributed by atoms with Crippen molar-refractivity contribution < 1.29 is 9.59 Å². The average molecular weight is 345 g/mol. The third-order valence-electron chi connectivity index (χ3n) is 4.22. The van der Waals surface area contributed by atoms with E-state index in [1.165, 1.54) is 0 Å². The Kier molecular flexibility index (Phi) is 4.26. The molecule has 0 bridgehead atoms. The first-order chi connectivity index (χ1) is 11.2. The molecular weight excluding hydrogens is 324 g/mol. The number of allylic oxidation sites excluding steroid dienone is 1. The van der Waals surface area contributed by atoms with Crippen molar-refractivity contribution in [3.63, 3.8) is 0 Å². The number of carbonyl (C=O) groups excluding carboxylic acids is 2. The molecule has 0 amide bonds. The summed E-state index contributed by atoms with van der Waals surface area (Å²) < 4.78 is 0. The Balaban J connectivity index is 1.86. The highest BCUT2D eigenvalue weighted by Crippen LogP contribution is 2.37. The monoisotopic (exact) mass is 344 g/mol. The molecule has 0 atom stereocenters. The lowest BCUT2D eigenvalue weighted by Gasteiger charge is -2.25. The van der Waals surface area contributed by atoms with Gasteiger partial charge in [-0.15, -0.1) is 0 Å². The first kappa shape index (κ1) is 16.8. The van der Waals surface area contributed by atoms with Gasteiger partial charge in [-0.1, -0.05) is 11.6 Å². The predicted molar refractivity (Wildman–Crippen MR) is 96.3 cm³/mol. The van der Waals surface area contributed by atoms with Crippen LogP contribution in [0.2, 0.25) is 5.02 Å². The van der Waals surface area contributed by atoms with Crippen molar-refractivity contribution in [2.45, 2.75) is 45.1 Å². The highest BCUT2D eigenvalue weighted by molar-refractivity contribution is 6.32. The summed E-state index contributed by atoms with van der Waals surface area (Å²) in [5.74, 6) is -0.428. The topological polar surface area (TPSA) is 62.0 Å². The Labute approximate surface area is 146 Å². The second-order valence-corrected chi connectivity index (χ2v) is 7.75. The summed E-state index contributed by atoms with van der Waals surface area (Å²) in [7, 11) is 0. The second kappa shape index (κ2) is 6.10. The molecule has 1 aliphatic rings. The summed E-state index contributed by atoms with van der Waals surface area (Å²) >= 11 is 6.38. The lowest BCUT2D eigenvalue weighted by Crippen LogP contribution is -2.34. The summed E-state index contributed by atoms with van der Waals surface area (Å²) in [5.41, 5.74) is 1.89. The van der Waals surface area contributed by atoms with Gasteiger partial charge in [0, 0.05) is 46.7 Å². The van der Waals surface area contributed by atoms with Crippen LogP contribution in [0, 0.1) is 0 Å². The maximum atomic E-state index is 12.5. The number of hydrogen-bond donors (Lipinski definition) is 2. The number of ketones is 2. The van der Waals surface area contributed by atoms with E-state index in [1.54, 1.807) is 6.20 Å². The van der Waals surface area contributed by atoms with Crippen LogP contribution < -0.4 is 5.32 Å². The lowest BCUT2D eigenvalue weighted by atomic mass is 9.80. The zero-order valence-corrected chi connectivity index (χ0v) is 14.8. The molecule has 0 unspecified atom stereocenters. The van der Waals surface area contributed by atoms with E-state index in [1.807, 2.05) is 45.2 Å². The number of aromatic amines is 1. The van der Waals surface area contributed by atoms with Gasteiger partial charge in [-0.3, -0.25) is 9.59 Å². The second-order valence-electron chi connectivity index (χ2n) is 7.34. The minimum atomic E-state index is -0.188. The molecule has 3 rings (SSSR count). The molecule has 1 aromatic heterocycles. The van der Waals surface area contributed by atoms with E-state index in [0.717, 1.165) is 16.5 Å². The van der Waals surface area contributed by atoms with Gasteiger partial charge < -0.3 is 10.3 Å². The molecule has 0 saturated heterocycles. The molecule has 5 heteroatoms.